The summed E-state index contributed by atoms with van der Waals surface area (Å²) in [6.45, 7) is 1.91. The summed E-state index contributed by atoms with van der Waals surface area (Å²) >= 11 is 0. The first kappa shape index (κ1) is 12.5. The molecule has 0 saturated heterocycles. The average Bonchev–Trinajstić information content (AvgIpc) is 2.36. The van der Waals surface area contributed by atoms with Gasteiger partial charge in [0, 0.05) is 17.4 Å². The number of nitrogens with two attached hydrogens (primary N) is 2. The van der Waals surface area contributed by atoms with Gasteiger partial charge in [0.1, 0.15) is 5.82 Å². The maximum atomic E-state index is 5.87. The van der Waals surface area contributed by atoms with Gasteiger partial charge in [-0.3, -0.25) is 4.98 Å². The van der Waals surface area contributed by atoms with Crippen LogP contribution in [0.3, 0.4) is 0 Å². The summed E-state index contributed by atoms with van der Waals surface area (Å²) in [5.74, 6) is 0.635. The molecule has 2 aromatic rings. The number of aryl methyl sites for hydroxylation is 1. The highest BCUT2D eigenvalue weighted by atomic mass is 16.4. The largest absolute Gasteiger partial charge is 0.421 e. The molecular formula is C11H13BN5O. The molecule has 6 nitrogen and oxygen atoms in total. The van der Waals surface area contributed by atoms with Crippen LogP contribution in [0.4, 0.5) is 5.69 Å². The van der Waals surface area contributed by atoms with Crippen molar-refractivity contribution in [2.45, 2.75) is 6.92 Å². The molecule has 0 saturated carbocycles. The third kappa shape index (κ3) is 2.82. The lowest BCUT2D eigenvalue weighted by Crippen LogP contribution is -2.25. The molecule has 0 bridgehead atoms. The second kappa shape index (κ2) is 5.57. The number of nitrogens with zero attached hydrogens (tertiary/aromatic N) is 3. The van der Waals surface area contributed by atoms with Crippen molar-refractivity contribution in [1.82, 2.24) is 15.0 Å². The van der Waals surface area contributed by atoms with Crippen LogP contribution in [0, 0.1) is 6.92 Å². The minimum absolute atomic E-state index is 0.107. The monoisotopic (exact) mass is 242 g/mol. The molecule has 18 heavy (non-hydrogen) atoms. The van der Waals surface area contributed by atoms with Crippen LogP contribution in [-0.2, 0) is 4.65 Å². The van der Waals surface area contributed by atoms with E-state index in [0.29, 0.717) is 17.1 Å². The van der Waals surface area contributed by atoms with Gasteiger partial charge in [-0.2, -0.15) is 0 Å². The van der Waals surface area contributed by atoms with Crippen LogP contribution in [0.15, 0.2) is 24.5 Å². The highest BCUT2D eigenvalue weighted by molar-refractivity contribution is 6.45. The van der Waals surface area contributed by atoms with E-state index in [0.717, 1.165) is 11.3 Å². The molecule has 1 radical (unpaired) electrons. The Hall–Kier alpha value is -1.99. The fraction of sp³-hybridized carbons (Fsp3) is 0.182. The zero-order valence-electron chi connectivity index (χ0n) is 10.00. The summed E-state index contributed by atoms with van der Waals surface area (Å²) in [5.41, 5.74) is 13.9. The van der Waals surface area contributed by atoms with Gasteiger partial charge in [-0.05, 0) is 19.1 Å². The predicted molar refractivity (Wildman–Crippen MR) is 69.9 cm³/mol. The van der Waals surface area contributed by atoms with E-state index in [1.165, 1.54) is 7.48 Å². The molecule has 0 aliphatic carbocycles. The Morgan fingerprint density at radius 2 is 2.22 bits per heavy atom. The Labute approximate surface area is 106 Å². The van der Waals surface area contributed by atoms with E-state index < -0.39 is 0 Å². The van der Waals surface area contributed by atoms with Crippen LogP contribution >= 0.6 is 0 Å². The van der Waals surface area contributed by atoms with Gasteiger partial charge in [-0.15, -0.1) is 0 Å². The first-order valence-electron chi connectivity index (χ1n) is 5.41. The Bertz CT molecular complexity index is 549. The molecule has 91 valence electrons. The summed E-state index contributed by atoms with van der Waals surface area (Å²) < 4.78 is 5.01. The second-order valence-electron chi connectivity index (χ2n) is 3.64. The van der Waals surface area contributed by atoms with Gasteiger partial charge in [0.15, 0.2) is 0 Å². The zero-order chi connectivity index (χ0) is 13.0. The van der Waals surface area contributed by atoms with E-state index in [4.69, 9.17) is 16.1 Å². The van der Waals surface area contributed by atoms with Crippen LogP contribution in [0.25, 0.3) is 11.3 Å². The van der Waals surface area contributed by atoms with Crippen molar-refractivity contribution in [1.29, 1.82) is 0 Å². The third-order valence-corrected chi connectivity index (χ3v) is 2.29. The fourth-order valence-electron chi connectivity index (χ4n) is 1.56. The lowest BCUT2D eigenvalue weighted by atomic mass is 9.93. The lowest BCUT2D eigenvalue weighted by Gasteiger charge is -2.07. The fourth-order valence-corrected chi connectivity index (χ4v) is 1.56. The van der Waals surface area contributed by atoms with Gasteiger partial charge in [-0.25, -0.2) is 9.97 Å². The standard InChI is InChI=1S/C11H13BN5O/c1-7-16-10(4-11(17-7)12-18-6-13)8-2-3-15-5-9(8)14/h2-5H,6,13-14H2,1H3. The second-order valence-corrected chi connectivity index (χ2v) is 3.64. The molecule has 4 N–H and O–H groups in total. The Balaban J connectivity index is 2.39. The van der Waals surface area contributed by atoms with Gasteiger partial charge in [-0.1, -0.05) is 0 Å². The van der Waals surface area contributed by atoms with Gasteiger partial charge in [0.2, 0.25) is 0 Å². The SMILES string of the molecule is Cc1nc([B]OCN)cc(-c2ccncc2N)n1. The molecular weight excluding hydrogens is 229 g/mol. The number of nitrogen functional groups attached to an aromatic ring is 1. The van der Waals surface area contributed by atoms with Gasteiger partial charge < -0.3 is 16.1 Å². The van der Waals surface area contributed by atoms with Crippen molar-refractivity contribution in [3.05, 3.63) is 30.4 Å². The van der Waals surface area contributed by atoms with Crippen molar-refractivity contribution in [2.75, 3.05) is 12.5 Å². The molecule has 0 aromatic carbocycles. The summed E-state index contributed by atoms with van der Waals surface area (Å²) in [5, 5.41) is 0. The quantitative estimate of drug-likeness (QED) is 0.559. The Morgan fingerprint density at radius 3 is 2.94 bits per heavy atom. The van der Waals surface area contributed by atoms with E-state index in [2.05, 4.69) is 15.0 Å². The van der Waals surface area contributed by atoms with Gasteiger partial charge in [0.05, 0.1) is 24.3 Å². The van der Waals surface area contributed by atoms with Crippen molar-refractivity contribution in [3.63, 3.8) is 0 Å². The molecule has 0 unspecified atom stereocenters. The maximum absolute atomic E-state index is 5.87. The Morgan fingerprint density at radius 1 is 1.39 bits per heavy atom. The molecule has 2 heterocycles. The van der Waals surface area contributed by atoms with Gasteiger partial charge >= 0.3 is 7.48 Å². The average molecular weight is 242 g/mol. The van der Waals surface area contributed by atoms with Crippen molar-refractivity contribution in [2.24, 2.45) is 5.73 Å². The highest BCUT2D eigenvalue weighted by Gasteiger charge is 2.08. The molecule has 0 atom stereocenters. The topological polar surface area (TPSA) is 99.9 Å². The molecule has 0 aliphatic rings. The number of aromatic nitrogens is 3. The van der Waals surface area contributed by atoms with Crippen molar-refractivity contribution >= 4 is 18.8 Å². The maximum Gasteiger partial charge on any atom is 0.352 e. The number of anilines is 1. The molecule has 2 rings (SSSR count). The summed E-state index contributed by atoms with van der Waals surface area (Å²) in [6, 6.07) is 3.60. The highest BCUT2D eigenvalue weighted by Crippen LogP contribution is 2.21. The van der Waals surface area contributed by atoms with Gasteiger partial charge in [0.25, 0.3) is 0 Å². The first-order valence-corrected chi connectivity index (χ1v) is 5.41. The minimum atomic E-state index is 0.107. The molecule has 0 spiro atoms. The summed E-state index contributed by atoms with van der Waals surface area (Å²) in [4.78, 5) is 12.5. The first-order chi connectivity index (χ1) is 8.70. The van der Waals surface area contributed by atoms with E-state index >= 15 is 0 Å². The lowest BCUT2D eigenvalue weighted by molar-refractivity contribution is 0.355. The third-order valence-electron chi connectivity index (χ3n) is 2.29. The smallest absolute Gasteiger partial charge is 0.352 e. The van der Waals surface area contributed by atoms with E-state index in [1.807, 2.05) is 6.07 Å². The van der Waals surface area contributed by atoms with Crippen molar-refractivity contribution < 1.29 is 4.65 Å². The normalized spacial score (nSPS) is 10.3. The molecule has 7 heteroatoms. The molecule has 0 amide bonds. The van der Waals surface area contributed by atoms with Crippen LogP contribution in [0.5, 0.6) is 0 Å². The van der Waals surface area contributed by atoms with E-state index in [1.54, 1.807) is 25.4 Å². The van der Waals surface area contributed by atoms with Crippen LogP contribution < -0.4 is 17.1 Å². The predicted octanol–water partition coefficient (Wildman–Crippen LogP) is -0.393. The number of rotatable bonds is 4. The number of hydrogen-bond donors (Lipinski definition) is 2. The number of hydrogen-bond acceptors (Lipinski definition) is 6. The minimum Gasteiger partial charge on any atom is -0.421 e. The molecule has 2 aromatic heterocycles. The molecule has 0 fully saturated rings. The van der Waals surface area contributed by atoms with Crippen LogP contribution in [0.1, 0.15) is 5.82 Å². The molecule has 0 aliphatic heterocycles. The summed E-state index contributed by atoms with van der Waals surface area (Å²) in [6.07, 6.45) is 3.26. The summed E-state index contributed by atoms with van der Waals surface area (Å²) in [7, 11) is 1.50. The van der Waals surface area contributed by atoms with Crippen LogP contribution in [-0.4, -0.2) is 29.2 Å². The van der Waals surface area contributed by atoms with Crippen LogP contribution in [0.2, 0.25) is 0 Å². The Kier molecular flexibility index (Phi) is 3.86. The van der Waals surface area contributed by atoms with E-state index in [9.17, 15) is 0 Å². The number of pyridine rings is 1. The zero-order valence-corrected chi connectivity index (χ0v) is 10.00. The van der Waals surface area contributed by atoms with E-state index in [-0.39, 0.29) is 6.73 Å². The van der Waals surface area contributed by atoms with Crippen molar-refractivity contribution in [3.8, 4) is 11.3 Å².